The van der Waals surface area contributed by atoms with E-state index in [1.165, 1.54) is 17.5 Å². The van der Waals surface area contributed by atoms with E-state index in [-0.39, 0.29) is 17.9 Å². The molecule has 1 atom stereocenters. The minimum Gasteiger partial charge on any atom is -0.352 e. The average molecular weight is 473 g/mol. The van der Waals surface area contributed by atoms with Crippen molar-refractivity contribution in [1.29, 1.82) is 0 Å². The highest BCUT2D eigenvalue weighted by atomic mass is 35.5. The summed E-state index contributed by atoms with van der Waals surface area (Å²) in [6, 6.07) is 15.4. The molecule has 2 amide bonds. The lowest BCUT2D eigenvalue weighted by atomic mass is 9.95. The molecule has 0 bridgehead atoms. The van der Waals surface area contributed by atoms with Crippen molar-refractivity contribution in [3.63, 3.8) is 0 Å². The topological polar surface area (TPSA) is 49.4 Å². The van der Waals surface area contributed by atoms with Crippen LogP contribution in [-0.4, -0.2) is 34.6 Å². The Bertz CT molecular complexity index is 914. The van der Waals surface area contributed by atoms with Gasteiger partial charge in [0.15, 0.2) is 0 Å². The molecule has 6 heteroatoms. The molecule has 0 aliphatic heterocycles. The first-order chi connectivity index (χ1) is 15.5. The summed E-state index contributed by atoms with van der Waals surface area (Å²) in [5, 5.41) is 3.78. The van der Waals surface area contributed by atoms with E-state index in [2.05, 4.69) is 24.4 Å². The van der Waals surface area contributed by atoms with Gasteiger partial charge in [0.25, 0.3) is 0 Å². The van der Waals surface area contributed by atoms with Gasteiger partial charge in [-0.25, -0.2) is 0 Å². The fourth-order valence-electron chi connectivity index (χ4n) is 4.06. The number of benzene rings is 2. The van der Waals surface area contributed by atoms with Gasteiger partial charge in [-0.05, 0) is 49.4 Å². The largest absolute Gasteiger partial charge is 0.352 e. The molecule has 2 aromatic carbocycles. The number of carbonyl (C=O) groups is 2. The minimum atomic E-state index is -0.556. The summed E-state index contributed by atoms with van der Waals surface area (Å²) in [6.45, 7) is 4.22. The third kappa shape index (κ3) is 7.01. The Morgan fingerprint density at radius 3 is 2.41 bits per heavy atom. The third-order valence-corrected chi connectivity index (χ3v) is 7.50. The highest BCUT2D eigenvalue weighted by Crippen LogP contribution is 2.22. The van der Waals surface area contributed by atoms with Gasteiger partial charge in [-0.2, -0.15) is 0 Å². The molecule has 2 aromatic rings. The molecule has 1 fully saturated rings. The van der Waals surface area contributed by atoms with E-state index in [4.69, 9.17) is 11.6 Å². The van der Waals surface area contributed by atoms with Crippen molar-refractivity contribution < 1.29 is 9.59 Å². The molecule has 0 saturated heterocycles. The van der Waals surface area contributed by atoms with Gasteiger partial charge in [-0.1, -0.05) is 73.3 Å². The summed E-state index contributed by atoms with van der Waals surface area (Å²) in [4.78, 5) is 28.0. The summed E-state index contributed by atoms with van der Waals surface area (Å²) in [6.07, 6.45) is 5.57. The predicted molar refractivity (Wildman–Crippen MR) is 134 cm³/mol. The lowest BCUT2D eigenvalue weighted by molar-refractivity contribution is -0.139. The van der Waals surface area contributed by atoms with Gasteiger partial charge < -0.3 is 10.2 Å². The number of hydrogen-bond donors (Lipinski definition) is 1. The Morgan fingerprint density at radius 1 is 1.06 bits per heavy atom. The zero-order valence-corrected chi connectivity index (χ0v) is 20.6. The number of amides is 2. The van der Waals surface area contributed by atoms with Gasteiger partial charge in [0.1, 0.15) is 6.04 Å². The second-order valence-electron chi connectivity index (χ2n) is 8.55. The zero-order chi connectivity index (χ0) is 22.9. The number of halogens is 1. The maximum absolute atomic E-state index is 13.3. The molecule has 0 unspecified atom stereocenters. The lowest BCUT2D eigenvalue weighted by Gasteiger charge is -2.31. The van der Waals surface area contributed by atoms with Gasteiger partial charge in [0, 0.05) is 23.4 Å². The summed E-state index contributed by atoms with van der Waals surface area (Å²) < 4.78 is 0. The molecule has 1 saturated carbocycles. The van der Waals surface area contributed by atoms with E-state index in [9.17, 15) is 9.59 Å². The average Bonchev–Trinajstić information content (AvgIpc) is 2.80. The van der Waals surface area contributed by atoms with Crippen LogP contribution >= 0.6 is 23.4 Å². The number of nitrogens with one attached hydrogen (secondary N) is 1. The van der Waals surface area contributed by atoms with Crippen LogP contribution in [0, 0.1) is 6.92 Å². The van der Waals surface area contributed by atoms with Crippen molar-refractivity contribution in [2.75, 3.05) is 5.75 Å². The smallest absolute Gasteiger partial charge is 0.242 e. The predicted octanol–water partition coefficient (Wildman–Crippen LogP) is 5.75. The number of rotatable bonds is 9. The van der Waals surface area contributed by atoms with Crippen LogP contribution in [0.2, 0.25) is 5.02 Å². The highest BCUT2D eigenvalue weighted by molar-refractivity contribution is 7.99. The van der Waals surface area contributed by atoms with Gasteiger partial charge in [-0.3, -0.25) is 9.59 Å². The Labute approximate surface area is 201 Å². The Kier molecular flexibility index (Phi) is 9.49. The molecule has 0 spiro atoms. The molecule has 0 radical (unpaired) electrons. The summed E-state index contributed by atoms with van der Waals surface area (Å²) in [5.74, 6) is 0.955. The Morgan fingerprint density at radius 2 is 1.72 bits per heavy atom. The summed E-state index contributed by atoms with van der Waals surface area (Å²) >= 11 is 7.95. The van der Waals surface area contributed by atoms with Crippen LogP contribution in [0.3, 0.4) is 0 Å². The van der Waals surface area contributed by atoms with E-state index in [1.54, 1.807) is 16.7 Å². The van der Waals surface area contributed by atoms with Gasteiger partial charge in [-0.15, -0.1) is 11.8 Å². The Hall–Kier alpha value is -1.98. The lowest BCUT2D eigenvalue weighted by Crippen LogP contribution is -2.50. The van der Waals surface area contributed by atoms with Crippen molar-refractivity contribution in [1.82, 2.24) is 10.2 Å². The second kappa shape index (κ2) is 12.3. The fraction of sp³-hybridized carbons (Fsp3) is 0.462. The molecule has 4 nitrogen and oxygen atoms in total. The molecule has 0 aromatic heterocycles. The van der Waals surface area contributed by atoms with Crippen LogP contribution in [-0.2, 0) is 21.9 Å². The van der Waals surface area contributed by atoms with Crippen LogP contribution in [0.1, 0.15) is 55.7 Å². The first-order valence-electron chi connectivity index (χ1n) is 11.4. The minimum absolute atomic E-state index is 0.0465. The van der Waals surface area contributed by atoms with Crippen molar-refractivity contribution in [2.24, 2.45) is 0 Å². The van der Waals surface area contributed by atoms with Gasteiger partial charge in [0.05, 0.1) is 5.75 Å². The molecule has 0 heterocycles. The van der Waals surface area contributed by atoms with Crippen LogP contribution in [0.4, 0.5) is 0 Å². The zero-order valence-electron chi connectivity index (χ0n) is 19.0. The van der Waals surface area contributed by atoms with Crippen molar-refractivity contribution >= 4 is 35.2 Å². The molecule has 1 aliphatic carbocycles. The van der Waals surface area contributed by atoms with Crippen molar-refractivity contribution in [3.8, 4) is 0 Å². The van der Waals surface area contributed by atoms with E-state index in [0.29, 0.717) is 17.3 Å². The molecule has 32 heavy (non-hydrogen) atoms. The quantitative estimate of drug-likeness (QED) is 0.505. The van der Waals surface area contributed by atoms with E-state index < -0.39 is 6.04 Å². The monoisotopic (exact) mass is 472 g/mol. The molecule has 172 valence electrons. The van der Waals surface area contributed by atoms with E-state index in [1.807, 2.05) is 43.3 Å². The number of carbonyl (C=O) groups excluding carboxylic acids is 2. The van der Waals surface area contributed by atoms with Crippen LogP contribution in [0.25, 0.3) is 0 Å². The van der Waals surface area contributed by atoms with E-state index in [0.717, 1.165) is 37.0 Å². The number of hydrogen-bond acceptors (Lipinski definition) is 3. The van der Waals surface area contributed by atoms with Crippen LogP contribution in [0.5, 0.6) is 0 Å². The third-order valence-electron chi connectivity index (χ3n) is 6.16. The normalized spacial score (nSPS) is 15.2. The van der Waals surface area contributed by atoms with Crippen molar-refractivity contribution in [2.45, 2.75) is 70.3 Å². The second-order valence-corrected chi connectivity index (χ2v) is 9.94. The molecular weight excluding hydrogens is 440 g/mol. The van der Waals surface area contributed by atoms with Crippen molar-refractivity contribution in [3.05, 3.63) is 70.2 Å². The number of nitrogens with zero attached hydrogens (tertiary/aromatic N) is 1. The molecular formula is C26H33ClN2O2S. The molecule has 3 rings (SSSR count). The highest BCUT2D eigenvalue weighted by Gasteiger charge is 2.28. The maximum Gasteiger partial charge on any atom is 0.242 e. The summed E-state index contributed by atoms with van der Waals surface area (Å²) in [5.41, 5.74) is 3.30. The van der Waals surface area contributed by atoms with Crippen LogP contribution < -0.4 is 5.32 Å². The van der Waals surface area contributed by atoms with E-state index >= 15 is 0 Å². The fourth-order valence-corrected chi connectivity index (χ4v) is 5.25. The number of thioether (sulfide) groups is 1. The van der Waals surface area contributed by atoms with Gasteiger partial charge >= 0.3 is 0 Å². The maximum atomic E-state index is 13.3. The first-order valence-corrected chi connectivity index (χ1v) is 12.9. The molecule has 1 aliphatic rings. The number of aryl methyl sites for hydroxylation is 1. The first kappa shape index (κ1) is 24.7. The van der Waals surface area contributed by atoms with Gasteiger partial charge in [0.2, 0.25) is 11.8 Å². The summed E-state index contributed by atoms with van der Waals surface area (Å²) in [7, 11) is 0. The SMILES string of the molecule is Cc1ccccc1CSCC(=O)N(Cc1ccccc1Cl)[C@H](C)C(=O)NC1CCCCC1. The standard InChI is InChI=1S/C26H33ClN2O2S/c1-19-10-6-7-12-22(19)17-32-18-25(30)29(16-21-11-8-9-15-24(21)27)20(2)26(31)28-23-13-4-3-5-14-23/h6-12,15,20,23H,3-5,13-14,16-18H2,1-2H3,(H,28,31)/t20-/m1/s1. The van der Waals surface area contributed by atoms with Crippen LogP contribution in [0.15, 0.2) is 48.5 Å². The Balaban J connectivity index is 1.67. The molecule has 1 N–H and O–H groups in total.